The largest absolute Gasteiger partial charge is 0.493 e. The number of fused-ring (bicyclic) bond motifs is 1. The molecule has 2 unspecified atom stereocenters. The van der Waals surface area contributed by atoms with E-state index in [2.05, 4.69) is 57.8 Å². The third-order valence-electron chi connectivity index (χ3n) is 3.37. The molecule has 0 fully saturated rings. The van der Waals surface area contributed by atoms with E-state index in [1.165, 1.54) is 15.6 Å². The summed E-state index contributed by atoms with van der Waals surface area (Å²) in [6, 6.07) is 4.39. The summed E-state index contributed by atoms with van der Waals surface area (Å²) < 4.78 is 6.94. The number of rotatable bonds is 4. The quantitative estimate of drug-likeness (QED) is 0.704. The van der Waals surface area contributed by atoms with Gasteiger partial charge < -0.3 is 4.74 Å². The van der Waals surface area contributed by atoms with Gasteiger partial charge in [-0.25, -0.2) is 0 Å². The SMILES string of the molecule is CCC(Br)C(C)Cc1cc(Br)cc2c1OCC2. The molecule has 2 atom stereocenters. The van der Waals surface area contributed by atoms with E-state index in [0.717, 1.165) is 31.6 Å². The second-order valence-corrected chi connectivity index (χ2v) is 6.85. The van der Waals surface area contributed by atoms with Crippen LogP contribution in [0.5, 0.6) is 5.75 Å². The topological polar surface area (TPSA) is 9.23 Å². The molecule has 2 rings (SSSR count). The summed E-state index contributed by atoms with van der Waals surface area (Å²) in [6.07, 6.45) is 3.28. The lowest BCUT2D eigenvalue weighted by molar-refractivity contribution is 0.351. The molecule has 17 heavy (non-hydrogen) atoms. The Morgan fingerprint density at radius 2 is 2.18 bits per heavy atom. The van der Waals surface area contributed by atoms with Crippen molar-refractivity contribution in [3.8, 4) is 5.75 Å². The maximum atomic E-state index is 5.76. The molecular weight excluding hydrogens is 344 g/mol. The Bertz CT molecular complexity index is 403. The third-order valence-corrected chi connectivity index (χ3v) is 5.38. The van der Waals surface area contributed by atoms with Gasteiger partial charge in [0.25, 0.3) is 0 Å². The van der Waals surface area contributed by atoms with Crippen LogP contribution in [0.4, 0.5) is 0 Å². The molecule has 0 saturated heterocycles. The van der Waals surface area contributed by atoms with Gasteiger partial charge in [-0.3, -0.25) is 0 Å². The number of benzene rings is 1. The van der Waals surface area contributed by atoms with Crippen LogP contribution >= 0.6 is 31.9 Å². The first-order valence-corrected chi connectivity index (χ1v) is 7.90. The Labute approximate surface area is 120 Å². The van der Waals surface area contributed by atoms with Crippen LogP contribution in [0.25, 0.3) is 0 Å². The van der Waals surface area contributed by atoms with Crippen LogP contribution in [0.15, 0.2) is 16.6 Å². The van der Waals surface area contributed by atoms with Gasteiger partial charge in [-0.05, 0) is 42.0 Å². The zero-order chi connectivity index (χ0) is 12.4. The molecule has 1 nitrogen and oxygen atoms in total. The fourth-order valence-electron chi connectivity index (χ4n) is 2.37. The molecule has 1 aromatic rings. The molecule has 94 valence electrons. The fraction of sp³-hybridized carbons (Fsp3) is 0.571. The van der Waals surface area contributed by atoms with Gasteiger partial charge in [-0.1, -0.05) is 45.7 Å². The van der Waals surface area contributed by atoms with Crippen LogP contribution in [-0.4, -0.2) is 11.4 Å². The summed E-state index contributed by atoms with van der Waals surface area (Å²) in [5.41, 5.74) is 2.70. The normalized spacial score (nSPS) is 17.4. The second-order valence-electron chi connectivity index (χ2n) is 4.76. The van der Waals surface area contributed by atoms with Gasteiger partial charge in [-0.2, -0.15) is 0 Å². The van der Waals surface area contributed by atoms with Gasteiger partial charge in [0.05, 0.1) is 6.61 Å². The van der Waals surface area contributed by atoms with Gasteiger partial charge in [-0.15, -0.1) is 0 Å². The van der Waals surface area contributed by atoms with Gasteiger partial charge in [0.15, 0.2) is 0 Å². The van der Waals surface area contributed by atoms with Crippen molar-refractivity contribution in [1.82, 2.24) is 0 Å². The Kier molecular flexibility index (Phi) is 4.53. The summed E-state index contributed by atoms with van der Waals surface area (Å²) in [6.45, 7) is 5.35. The van der Waals surface area contributed by atoms with E-state index < -0.39 is 0 Å². The van der Waals surface area contributed by atoms with Gasteiger partial charge in [0.2, 0.25) is 0 Å². The first-order chi connectivity index (χ1) is 8.11. The van der Waals surface area contributed by atoms with Gasteiger partial charge >= 0.3 is 0 Å². The van der Waals surface area contributed by atoms with Gasteiger partial charge in [0, 0.05) is 15.7 Å². The highest BCUT2D eigenvalue weighted by molar-refractivity contribution is 9.10. The molecule has 1 aliphatic heterocycles. The van der Waals surface area contributed by atoms with Crippen LogP contribution < -0.4 is 4.74 Å². The zero-order valence-electron chi connectivity index (χ0n) is 10.3. The molecule has 0 spiro atoms. The summed E-state index contributed by atoms with van der Waals surface area (Å²) in [5, 5.41) is 0. The maximum Gasteiger partial charge on any atom is 0.125 e. The number of halogens is 2. The number of hydrogen-bond acceptors (Lipinski definition) is 1. The summed E-state index contributed by atoms with van der Waals surface area (Å²) >= 11 is 7.34. The van der Waals surface area contributed by atoms with E-state index in [1.54, 1.807) is 0 Å². The minimum atomic E-state index is 0.582. The van der Waals surface area contributed by atoms with Crippen LogP contribution in [0, 0.1) is 5.92 Å². The minimum Gasteiger partial charge on any atom is -0.493 e. The van der Waals surface area contributed by atoms with E-state index in [0.29, 0.717) is 10.7 Å². The van der Waals surface area contributed by atoms with Crippen molar-refractivity contribution in [2.75, 3.05) is 6.61 Å². The van der Waals surface area contributed by atoms with Crippen LogP contribution in [0.2, 0.25) is 0 Å². The molecule has 3 heteroatoms. The monoisotopic (exact) mass is 360 g/mol. The lowest BCUT2D eigenvalue weighted by Gasteiger charge is -2.18. The van der Waals surface area contributed by atoms with E-state index in [9.17, 15) is 0 Å². The smallest absolute Gasteiger partial charge is 0.125 e. The highest BCUT2D eigenvalue weighted by atomic mass is 79.9. The van der Waals surface area contributed by atoms with Crippen LogP contribution in [0.1, 0.15) is 31.4 Å². The van der Waals surface area contributed by atoms with Crippen molar-refractivity contribution in [2.24, 2.45) is 5.92 Å². The summed E-state index contributed by atoms with van der Waals surface area (Å²) in [5.74, 6) is 1.76. The Hall–Kier alpha value is -0.0200. The molecule has 1 aromatic carbocycles. The fourth-order valence-corrected chi connectivity index (χ4v) is 3.11. The van der Waals surface area contributed by atoms with E-state index >= 15 is 0 Å². The third kappa shape index (κ3) is 3.05. The molecule has 1 heterocycles. The van der Waals surface area contributed by atoms with E-state index in [-0.39, 0.29) is 0 Å². The van der Waals surface area contributed by atoms with Crippen molar-refractivity contribution in [3.63, 3.8) is 0 Å². The number of alkyl halides is 1. The van der Waals surface area contributed by atoms with Crippen LogP contribution in [0.3, 0.4) is 0 Å². The highest BCUT2D eigenvalue weighted by Crippen LogP contribution is 2.35. The predicted molar refractivity (Wildman–Crippen MR) is 79.2 cm³/mol. The van der Waals surface area contributed by atoms with Crippen molar-refractivity contribution in [1.29, 1.82) is 0 Å². The molecule has 0 radical (unpaired) electrons. The average molecular weight is 362 g/mol. The predicted octanol–water partition coefficient (Wildman–Crippen LogP) is 4.74. The molecule has 0 bridgehead atoms. The van der Waals surface area contributed by atoms with Crippen molar-refractivity contribution < 1.29 is 4.74 Å². The standard InChI is InChI=1S/C14H18Br2O/c1-3-13(16)9(2)6-11-8-12(15)7-10-4-5-17-14(10)11/h7-9,13H,3-6H2,1-2H3. The molecule has 0 N–H and O–H groups in total. The van der Waals surface area contributed by atoms with Crippen molar-refractivity contribution in [3.05, 3.63) is 27.7 Å². The Balaban J connectivity index is 2.21. The summed E-state index contributed by atoms with van der Waals surface area (Å²) in [7, 11) is 0. The average Bonchev–Trinajstić information content (AvgIpc) is 2.75. The molecule has 1 aliphatic rings. The van der Waals surface area contributed by atoms with Crippen LogP contribution in [-0.2, 0) is 12.8 Å². The highest BCUT2D eigenvalue weighted by Gasteiger charge is 2.20. The lowest BCUT2D eigenvalue weighted by atomic mass is 9.95. The maximum absolute atomic E-state index is 5.76. The minimum absolute atomic E-state index is 0.582. The number of ether oxygens (including phenoxy) is 1. The Morgan fingerprint density at radius 1 is 1.41 bits per heavy atom. The Morgan fingerprint density at radius 3 is 2.88 bits per heavy atom. The molecule has 0 amide bonds. The number of hydrogen-bond donors (Lipinski definition) is 0. The first kappa shape index (κ1) is 13.4. The molecule has 0 aromatic heterocycles. The second kappa shape index (κ2) is 5.75. The first-order valence-electron chi connectivity index (χ1n) is 6.20. The zero-order valence-corrected chi connectivity index (χ0v) is 13.5. The molecule has 0 saturated carbocycles. The van der Waals surface area contributed by atoms with E-state index in [1.807, 2.05) is 0 Å². The van der Waals surface area contributed by atoms with E-state index in [4.69, 9.17) is 4.74 Å². The lowest BCUT2D eigenvalue weighted by Crippen LogP contribution is -2.13. The molecular formula is C14H18Br2O. The summed E-state index contributed by atoms with van der Waals surface area (Å²) in [4.78, 5) is 0.582. The molecule has 0 aliphatic carbocycles. The van der Waals surface area contributed by atoms with Crippen molar-refractivity contribution >= 4 is 31.9 Å². The van der Waals surface area contributed by atoms with Gasteiger partial charge in [0.1, 0.15) is 5.75 Å². The van der Waals surface area contributed by atoms with Crippen molar-refractivity contribution in [2.45, 2.75) is 37.9 Å².